The minimum atomic E-state index is -0.424. The zero-order chi connectivity index (χ0) is 13.7. The largest absolute Gasteiger partial charge is 0.469 e. The summed E-state index contributed by atoms with van der Waals surface area (Å²) >= 11 is 0. The Morgan fingerprint density at radius 2 is 2.00 bits per heavy atom. The average molecular weight is 253 g/mol. The van der Waals surface area contributed by atoms with Crippen molar-refractivity contribution in [1.82, 2.24) is 0 Å². The molecule has 0 saturated carbocycles. The van der Waals surface area contributed by atoms with Gasteiger partial charge in [-0.15, -0.1) is 0 Å². The molecule has 0 spiro atoms. The van der Waals surface area contributed by atoms with Gasteiger partial charge < -0.3 is 9.64 Å². The Hall–Kier alpha value is -1.91. The van der Waals surface area contributed by atoms with Gasteiger partial charge in [0.05, 0.1) is 13.5 Å². The molecule has 0 aliphatic carbocycles. The molecule has 0 N–H and O–H groups in total. The van der Waals surface area contributed by atoms with E-state index in [9.17, 15) is 14.0 Å². The first-order valence-corrected chi connectivity index (χ1v) is 5.55. The van der Waals surface area contributed by atoms with Crippen molar-refractivity contribution in [1.29, 1.82) is 0 Å². The van der Waals surface area contributed by atoms with E-state index in [1.165, 1.54) is 24.1 Å². The summed E-state index contributed by atoms with van der Waals surface area (Å²) in [5.74, 6) is -0.951. The van der Waals surface area contributed by atoms with Gasteiger partial charge >= 0.3 is 5.97 Å². The Labute approximate surface area is 105 Å². The van der Waals surface area contributed by atoms with E-state index in [0.717, 1.165) is 0 Å². The molecule has 1 aromatic rings. The van der Waals surface area contributed by atoms with E-state index in [2.05, 4.69) is 4.74 Å². The minimum Gasteiger partial charge on any atom is -0.469 e. The first kappa shape index (κ1) is 14.2. The Bertz CT molecular complexity index is 460. The Morgan fingerprint density at radius 3 is 2.56 bits per heavy atom. The van der Waals surface area contributed by atoms with Gasteiger partial charge in [0.1, 0.15) is 5.82 Å². The van der Waals surface area contributed by atoms with E-state index in [4.69, 9.17) is 0 Å². The van der Waals surface area contributed by atoms with Crippen LogP contribution in [0.1, 0.15) is 18.4 Å². The number of nitrogens with zero attached hydrogens (tertiary/aromatic N) is 1. The standard InChI is InChI=1S/C13H16FNO3/c1-9-8-10(4-5-11(9)14)15(2)12(16)6-7-13(17)18-3/h4-5,8H,6-7H2,1-3H3. The van der Waals surface area contributed by atoms with Gasteiger partial charge in [0, 0.05) is 19.2 Å². The summed E-state index contributed by atoms with van der Waals surface area (Å²) in [6.07, 6.45) is 0.111. The molecule has 0 aromatic heterocycles. The predicted octanol–water partition coefficient (Wildman–Crippen LogP) is 2.05. The van der Waals surface area contributed by atoms with Crippen LogP contribution in [0.3, 0.4) is 0 Å². The number of hydrogen-bond donors (Lipinski definition) is 0. The summed E-state index contributed by atoms with van der Waals surface area (Å²) < 4.78 is 17.6. The van der Waals surface area contributed by atoms with Crippen LogP contribution >= 0.6 is 0 Å². The van der Waals surface area contributed by atoms with Crippen molar-refractivity contribution in [2.45, 2.75) is 19.8 Å². The molecular weight excluding hydrogens is 237 g/mol. The summed E-state index contributed by atoms with van der Waals surface area (Å²) in [7, 11) is 2.87. The van der Waals surface area contributed by atoms with Crippen molar-refractivity contribution < 1.29 is 18.7 Å². The number of carbonyl (C=O) groups excluding carboxylic acids is 2. The van der Waals surface area contributed by atoms with Gasteiger partial charge in [-0.05, 0) is 30.7 Å². The number of ether oxygens (including phenoxy) is 1. The fourth-order valence-electron chi connectivity index (χ4n) is 1.46. The highest BCUT2D eigenvalue weighted by Gasteiger charge is 2.13. The minimum absolute atomic E-state index is 0.0415. The van der Waals surface area contributed by atoms with Crippen LogP contribution in [0, 0.1) is 12.7 Å². The normalized spacial score (nSPS) is 10.0. The third kappa shape index (κ3) is 3.55. The van der Waals surface area contributed by atoms with Gasteiger partial charge in [-0.2, -0.15) is 0 Å². The third-order valence-electron chi connectivity index (χ3n) is 2.67. The monoisotopic (exact) mass is 253 g/mol. The fraction of sp³-hybridized carbons (Fsp3) is 0.385. The average Bonchev–Trinajstić information content (AvgIpc) is 2.37. The smallest absolute Gasteiger partial charge is 0.306 e. The van der Waals surface area contributed by atoms with E-state index >= 15 is 0 Å². The summed E-state index contributed by atoms with van der Waals surface area (Å²) in [6, 6.07) is 4.43. The second kappa shape index (κ2) is 6.14. The van der Waals surface area contributed by atoms with Crippen LogP contribution in [0.4, 0.5) is 10.1 Å². The molecule has 0 heterocycles. The van der Waals surface area contributed by atoms with Crippen LogP contribution in [0.5, 0.6) is 0 Å². The number of carbonyl (C=O) groups is 2. The zero-order valence-electron chi connectivity index (χ0n) is 10.7. The number of methoxy groups -OCH3 is 1. The number of halogens is 1. The lowest BCUT2D eigenvalue weighted by atomic mass is 10.2. The number of rotatable bonds is 4. The molecule has 1 aromatic carbocycles. The maximum Gasteiger partial charge on any atom is 0.306 e. The summed E-state index contributed by atoms with van der Waals surface area (Å²) in [5, 5.41) is 0. The number of aryl methyl sites for hydroxylation is 1. The molecular formula is C13H16FNO3. The second-order valence-electron chi connectivity index (χ2n) is 3.96. The van der Waals surface area contributed by atoms with Crippen molar-refractivity contribution in [3.8, 4) is 0 Å². The topological polar surface area (TPSA) is 46.6 Å². The van der Waals surface area contributed by atoms with Crippen LogP contribution in [0.2, 0.25) is 0 Å². The summed E-state index contributed by atoms with van der Waals surface area (Å²) in [6.45, 7) is 1.63. The van der Waals surface area contributed by atoms with Crippen molar-refractivity contribution >= 4 is 17.6 Å². The first-order valence-electron chi connectivity index (χ1n) is 5.55. The van der Waals surface area contributed by atoms with E-state index in [1.54, 1.807) is 20.0 Å². The maximum atomic E-state index is 13.1. The van der Waals surface area contributed by atoms with Crippen molar-refractivity contribution in [2.75, 3.05) is 19.1 Å². The van der Waals surface area contributed by atoms with Crippen molar-refractivity contribution in [3.05, 3.63) is 29.6 Å². The van der Waals surface area contributed by atoms with Crippen molar-refractivity contribution in [2.24, 2.45) is 0 Å². The highest BCUT2D eigenvalue weighted by atomic mass is 19.1. The molecule has 98 valence electrons. The van der Waals surface area contributed by atoms with Crippen molar-refractivity contribution in [3.63, 3.8) is 0 Å². The number of anilines is 1. The second-order valence-corrected chi connectivity index (χ2v) is 3.96. The maximum absolute atomic E-state index is 13.1. The number of hydrogen-bond acceptors (Lipinski definition) is 3. The molecule has 0 saturated heterocycles. The number of amides is 1. The van der Waals surface area contributed by atoms with Gasteiger partial charge in [-0.3, -0.25) is 9.59 Å². The fourth-order valence-corrected chi connectivity index (χ4v) is 1.46. The van der Waals surface area contributed by atoms with E-state index < -0.39 is 5.97 Å². The SMILES string of the molecule is COC(=O)CCC(=O)N(C)c1ccc(F)c(C)c1. The van der Waals surface area contributed by atoms with E-state index in [1.807, 2.05) is 0 Å². The molecule has 0 radical (unpaired) electrons. The number of esters is 1. The Morgan fingerprint density at radius 1 is 1.33 bits per heavy atom. The first-order chi connectivity index (χ1) is 8.45. The molecule has 4 nitrogen and oxygen atoms in total. The summed E-state index contributed by atoms with van der Waals surface area (Å²) in [5.41, 5.74) is 1.07. The Balaban J connectivity index is 2.68. The third-order valence-corrected chi connectivity index (χ3v) is 2.67. The van der Waals surface area contributed by atoms with Crippen LogP contribution in [-0.4, -0.2) is 26.0 Å². The van der Waals surface area contributed by atoms with E-state index in [0.29, 0.717) is 11.3 Å². The molecule has 0 aliphatic rings. The van der Waals surface area contributed by atoms with Gasteiger partial charge in [-0.25, -0.2) is 4.39 Å². The predicted molar refractivity (Wildman–Crippen MR) is 65.8 cm³/mol. The molecule has 0 atom stereocenters. The van der Waals surface area contributed by atoms with E-state index in [-0.39, 0.29) is 24.6 Å². The van der Waals surface area contributed by atoms with Gasteiger partial charge in [0.25, 0.3) is 0 Å². The molecule has 0 fully saturated rings. The molecule has 1 amide bonds. The zero-order valence-corrected chi connectivity index (χ0v) is 10.7. The lowest BCUT2D eigenvalue weighted by Gasteiger charge is -2.17. The molecule has 18 heavy (non-hydrogen) atoms. The molecule has 0 bridgehead atoms. The molecule has 0 unspecified atom stereocenters. The highest BCUT2D eigenvalue weighted by molar-refractivity contribution is 5.94. The van der Waals surface area contributed by atoms with Gasteiger partial charge in [0.15, 0.2) is 0 Å². The van der Waals surface area contributed by atoms with Crippen LogP contribution in [-0.2, 0) is 14.3 Å². The van der Waals surface area contributed by atoms with Crippen LogP contribution in [0.15, 0.2) is 18.2 Å². The number of benzene rings is 1. The Kier molecular flexibility index (Phi) is 4.83. The lowest BCUT2D eigenvalue weighted by molar-refractivity contribution is -0.141. The van der Waals surface area contributed by atoms with Gasteiger partial charge in [-0.1, -0.05) is 0 Å². The molecule has 0 aliphatic heterocycles. The lowest BCUT2D eigenvalue weighted by Crippen LogP contribution is -2.26. The quantitative estimate of drug-likeness (QED) is 0.771. The van der Waals surface area contributed by atoms with Gasteiger partial charge in [0.2, 0.25) is 5.91 Å². The highest BCUT2D eigenvalue weighted by Crippen LogP contribution is 2.18. The van der Waals surface area contributed by atoms with Crippen LogP contribution < -0.4 is 4.90 Å². The molecule has 5 heteroatoms. The molecule has 1 rings (SSSR count). The summed E-state index contributed by atoms with van der Waals surface area (Å²) in [4.78, 5) is 24.1. The van der Waals surface area contributed by atoms with Crippen LogP contribution in [0.25, 0.3) is 0 Å².